The van der Waals surface area contributed by atoms with Crippen LogP contribution in [0.2, 0.25) is 0 Å². The number of hydrogen-bond donors (Lipinski definition) is 2. The predicted octanol–water partition coefficient (Wildman–Crippen LogP) is 1.01. The number of carbonyl (C=O) groups excluding carboxylic acids is 1. The van der Waals surface area contributed by atoms with Gasteiger partial charge >= 0.3 is 5.03 Å². The quantitative estimate of drug-likeness (QED) is 0.654. The van der Waals surface area contributed by atoms with Crippen molar-refractivity contribution in [1.29, 1.82) is 0 Å². The highest BCUT2D eigenvalue weighted by Crippen LogP contribution is 2.11. The Labute approximate surface area is 120 Å². The first-order valence-electron chi connectivity index (χ1n) is 5.79. The molecule has 0 unspecified atom stereocenters. The van der Waals surface area contributed by atoms with Gasteiger partial charge in [0.1, 0.15) is 11.4 Å². The second-order valence-electron chi connectivity index (χ2n) is 4.33. The Balaban J connectivity index is 2.24. The van der Waals surface area contributed by atoms with Crippen molar-refractivity contribution in [3.8, 4) is 0 Å². The Bertz CT molecular complexity index is 788. The van der Waals surface area contributed by atoms with E-state index in [0.717, 1.165) is 18.5 Å². The van der Waals surface area contributed by atoms with E-state index in [4.69, 9.17) is 0 Å². The number of aromatic nitrogens is 1. The number of anilines is 1. The van der Waals surface area contributed by atoms with Crippen LogP contribution in [0.3, 0.4) is 0 Å². The zero-order chi connectivity index (χ0) is 15.6. The van der Waals surface area contributed by atoms with Crippen molar-refractivity contribution in [2.75, 3.05) is 11.6 Å². The average Bonchev–Trinajstić information content (AvgIpc) is 2.39. The fraction of sp³-hybridized carbons (Fsp3) is 0.0769. The van der Waals surface area contributed by atoms with Crippen molar-refractivity contribution in [1.82, 2.24) is 0 Å². The molecule has 21 heavy (non-hydrogen) atoms. The number of amides is 1. The van der Waals surface area contributed by atoms with Crippen molar-refractivity contribution in [2.45, 2.75) is 5.03 Å². The number of benzene rings is 1. The van der Waals surface area contributed by atoms with Crippen LogP contribution in [-0.4, -0.2) is 25.8 Å². The number of rotatable bonds is 3. The number of halogens is 1. The number of carbonyl (C=O) groups is 1. The van der Waals surface area contributed by atoms with E-state index in [0.29, 0.717) is 10.4 Å². The van der Waals surface area contributed by atoms with E-state index in [9.17, 15) is 22.8 Å². The molecule has 8 heteroatoms. The first kappa shape index (κ1) is 14.9. The minimum atomic E-state index is -3.60. The molecule has 0 aliphatic carbocycles. The van der Waals surface area contributed by atoms with E-state index >= 15 is 0 Å². The summed E-state index contributed by atoms with van der Waals surface area (Å²) in [6, 6.07) is 7.52. The minimum absolute atomic E-state index is 0.0502. The molecule has 6 nitrogen and oxygen atoms in total. The molecule has 110 valence electrons. The van der Waals surface area contributed by atoms with Crippen LogP contribution in [0.4, 0.5) is 10.1 Å². The molecule has 0 atom stereocenters. The number of nitrogens with one attached hydrogen (secondary N) is 1. The summed E-state index contributed by atoms with van der Waals surface area (Å²) < 4.78 is 35.8. The SMILES string of the molecule is CS(=O)(=O)c1ccc(C(=O)Nc2ccc(F)cc2)c[n+]1O. The fourth-order valence-electron chi connectivity index (χ4n) is 1.64. The summed E-state index contributed by atoms with van der Waals surface area (Å²) in [7, 11) is -3.60. The summed E-state index contributed by atoms with van der Waals surface area (Å²) in [4.78, 5) is 11.9. The van der Waals surface area contributed by atoms with Crippen LogP contribution in [0.1, 0.15) is 10.4 Å². The van der Waals surface area contributed by atoms with Gasteiger partial charge < -0.3 is 5.32 Å². The van der Waals surface area contributed by atoms with Crippen LogP contribution >= 0.6 is 0 Å². The van der Waals surface area contributed by atoms with Gasteiger partial charge in [-0.15, -0.1) is 0 Å². The first-order chi connectivity index (χ1) is 9.77. The molecule has 2 rings (SSSR count). The van der Waals surface area contributed by atoms with Gasteiger partial charge in [0.2, 0.25) is 16.0 Å². The van der Waals surface area contributed by atoms with E-state index in [1.807, 2.05) is 0 Å². The summed E-state index contributed by atoms with van der Waals surface area (Å²) in [5.74, 6) is -0.997. The second-order valence-corrected chi connectivity index (χ2v) is 6.30. The van der Waals surface area contributed by atoms with Crippen molar-refractivity contribution >= 4 is 21.4 Å². The highest BCUT2D eigenvalue weighted by molar-refractivity contribution is 7.90. The molecule has 2 aromatic rings. The highest BCUT2D eigenvalue weighted by Gasteiger charge is 2.23. The standard InChI is InChI=1S/C13H11FN2O4S/c1-21(19,20)12-7-2-9(8-16(12)18)13(17)15-11-5-3-10(14)4-6-11/h2-8H,1H3,(H-,15,17,18)/p+1. The average molecular weight is 311 g/mol. The predicted molar refractivity (Wildman–Crippen MR) is 71.3 cm³/mol. The van der Waals surface area contributed by atoms with Gasteiger partial charge in [-0.05, 0) is 30.3 Å². The smallest absolute Gasteiger partial charge is 0.322 e. The molecule has 0 spiro atoms. The summed E-state index contributed by atoms with van der Waals surface area (Å²) in [6.45, 7) is 0. The summed E-state index contributed by atoms with van der Waals surface area (Å²) >= 11 is 0. The van der Waals surface area contributed by atoms with Gasteiger partial charge in [-0.3, -0.25) is 10.0 Å². The van der Waals surface area contributed by atoms with Gasteiger partial charge in [0.05, 0.1) is 0 Å². The largest absolute Gasteiger partial charge is 0.346 e. The molecule has 0 saturated heterocycles. The molecule has 1 aromatic carbocycles. The molecule has 2 N–H and O–H groups in total. The van der Waals surface area contributed by atoms with E-state index in [1.54, 1.807) is 0 Å². The maximum atomic E-state index is 12.8. The van der Waals surface area contributed by atoms with Crippen LogP contribution in [0.5, 0.6) is 0 Å². The monoisotopic (exact) mass is 311 g/mol. The zero-order valence-corrected chi connectivity index (χ0v) is 11.8. The van der Waals surface area contributed by atoms with Gasteiger partial charge in [0, 0.05) is 22.7 Å². The third kappa shape index (κ3) is 3.54. The molecular formula is C13H12FN2O4S+. The Morgan fingerprint density at radius 3 is 2.33 bits per heavy atom. The maximum Gasteiger partial charge on any atom is 0.346 e. The Morgan fingerprint density at radius 2 is 1.81 bits per heavy atom. The molecule has 0 fully saturated rings. The van der Waals surface area contributed by atoms with Crippen LogP contribution in [-0.2, 0) is 9.84 Å². The van der Waals surface area contributed by atoms with E-state index in [2.05, 4.69) is 5.32 Å². The normalized spacial score (nSPS) is 11.1. The van der Waals surface area contributed by atoms with Crippen LogP contribution in [0.15, 0.2) is 47.6 Å². The molecule has 0 saturated carbocycles. The van der Waals surface area contributed by atoms with Crippen molar-refractivity contribution in [2.24, 2.45) is 0 Å². The molecular weight excluding hydrogens is 299 g/mol. The van der Waals surface area contributed by atoms with E-state index in [-0.39, 0.29) is 10.6 Å². The number of pyridine rings is 1. The van der Waals surface area contributed by atoms with Gasteiger partial charge in [-0.25, -0.2) is 12.8 Å². The molecule has 0 bridgehead atoms. The van der Waals surface area contributed by atoms with Crippen molar-refractivity contribution in [3.63, 3.8) is 0 Å². The lowest BCUT2D eigenvalue weighted by Gasteiger charge is -2.04. The zero-order valence-electron chi connectivity index (χ0n) is 10.9. The van der Waals surface area contributed by atoms with Gasteiger partial charge in [-0.1, -0.05) is 0 Å². The van der Waals surface area contributed by atoms with Crippen LogP contribution < -0.4 is 10.0 Å². The summed E-state index contributed by atoms with van der Waals surface area (Å²) in [6.07, 6.45) is 1.92. The van der Waals surface area contributed by atoms with Crippen LogP contribution in [0.25, 0.3) is 0 Å². The Hall–Kier alpha value is -2.48. The topological polar surface area (TPSA) is 87.4 Å². The Kier molecular flexibility index (Phi) is 3.90. The lowest BCUT2D eigenvalue weighted by Crippen LogP contribution is -2.37. The number of sulfone groups is 1. The van der Waals surface area contributed by atoms with E-state index < -0.39 is 21.6 Å². The highest BCUT2D eigenvalue weighted by atomic mass is 32.2. The molecule has 0 aliphatic heterocycles. The van der Waals surface area contributed by atoms with Crippen molar-refractivity contribution in [3.05, 3.63) is 54.0 Å². The third-order valence-electron chi connectivity index (χ3n) is 2.64. The molecule has 0 aliphatic rings. The van der Waals surface area contributed by atoms with Gasteiger partial charge in [0.25, 0.3) is 5.91 Å². The Morgan fingerprint density at radius 1 is 1.19 bits per heavy atom. The lowest BCUT2D eigenvalue weighted by molar-refractivity contribution is -0.933. The van der Waals surface area contributed by atoms with E-state index in [1.165, 1.54) is 30.3 Å². The molecule has 1 amide bonds. The number of hydrogen-bond acceptors (Lipinski definition) is 4. The third-order valence-corrected chi connectivity index (χ3v) is 3.72. The van der Waals surface area contributed by atoms with Crippen molar-refractivity contribution < 1.29 is 27.5 Å². The second kappa shape index (κ2) is 5.49. The summed E-state index contributed by atoms with van der Waals surface area (Å²) in [5.41, 5.74) is 0.423. The lowest BCUT2D eigenvalue weighted by atomic mass is 10.2. The minimum Gasteiger partial charge on any atom is -0.322 e. The molecule has 1 aromatic heterocycles. The van der Waals surface area contributed by atoms with Gasteiger partial charge in [-0.2, -0.15) is 0 Å². The number of nitrogens with zero attached hydrogens (tertiary/aromatic N) is 1. The first-order valence-corrected chi connectivity index (χ1v) is 7.68. The van der Waals surface area contributed by atoms with Crippen LogP contribution in [0, 0.1) is 5.82 Å². The maximum absolute atomic E-state index is 12.8. The fourth-order valence-corrected chi connectivity index (χ4v) is 2.35. The molecule has 0 radical (unpaired) electrons. The van der Waals surface area contributed by atoms with Gasteiger partial charge in [0.15, 0.2) is 0 Å². The summed E-state index contributed by atoms with van der Waals surface area (Å²) in [5, 5.41) is 11.7. The molecule has 1 heterocycles.